The molecule has 3 heteroatoms. The quantitative estimate of drug-likeness (QED) is 0.751. The van der Waals surface area contributed by atoms with E-state index in [2.05, 4.69) is 60.2 Å². The number of hydrogen-bond donors (Lipinski definition) is 1. The Bertz CT molecular complexity index is 348. The van der Waals surface area contributed by atoms with Crippen molar-refractivity contribution in [1.82, 2.24) is 5.32 Å². The van der Waals surface area contributed by atoms with Gasteiger partial charge in [-0.3, -0.25) is 0 Å². The van der Waals surface area contributed by atoms with Crippen LogP contribution in [0.1, 0.15) is 51.6 Å². The molecule has 1 unspecified atom stereocenters. The third kappa shape index (κ3) is 4.62. The first-order valence-electron chi connectivity index (χ1n) is 6.88. The Kier molecular flexibility index (Phi) is 7.36. The van der Waals surface area contributed by atoms with Crippen LogP contribution >= 0.6 is 15.9 Å². The van der Waals surface area contributed by atoms with Crippen molar-refractivity contribution >= 4 is 15.9 Å². The average molecular weight is 314 g/mol. The maximum absolute atomic E-state index is 5.67. The Morgan fingerprint density at radius 3 is 2.56 bits per heavy atom. The van der Waals surface area contributed by atoms with Crippen LogP contribution < -0.4 is 10.1 Å². The van der Waals surface area contributed by atoms with Crippen LogP contribution in [0.4, 0.5) is 0 Å². The Morgan fingerprint density at radius 1 is 1.22 bits per heavy atom. The lowest BCUT2D eigenvalue weighted by molar-refractivity contribution is 0.315. The lowest BCUT2D eigenvalue weighted by Crippen LogP contribution is -2.20. The van der Waals surface area contributed by atoms with E-state index in [0.717, 1.165) is 36.2 Å². The largest absolute Gasteiger partial charge is 0.492 e. The van der Waals surface area contributed by atoms with Gasteiger partial charge in [0, 0.05) is 6.04 Å². The van der Waals surface area contributed by atoms with E-state index >= 15 is 0 Å². The molecule has 0 fully saturated rings. The van der Waals surface area contributed by atoms with Gasteiger partial charge in [0.25, 0.3) is 0 Å². The summed E-state index contributed by atoms with van der Waals surface area (Å²) in [6, 6.07) is 6.85. The molecular formula is C15H24BrNO. The molecular weight excluding hydrogens is 290 g/mol. The molecule has 0 bridgehead atoms. The lowest BCUT2D eigenvalue weighted by atomic mass is 10.0. The molecule has 0 saturated heterocycles. The zero-order valence-corrected chi connectivity index (χ0v) is 13.2. The van der Waals surface area contributed by atoms with E-state index in [9.17, 15) is 0 Å². The van der Waals surface area contributed by atoms with Gasteiger partial charge >= 0.3 is 0 Å². The molecule has 1 rings (SSSR count). The molecule has 0 aliphatic carbocycles. The van der Waals surface area contributed by atoms with Gasteiger partial charge in [-0.15, -0.1) is 0 Å². The predicted molar refractivity (Wildman–Crippen MR) is 81.3 cm³/mol. The summed E-state index contributed by atoms with van der Waals surface area (Å²) in [5, 5.41) is 3.53. The van der Waals surface area contributed by atoms with Crippen LogP contribution in [0.3, 0.4) is 0 Å². The molecule has 1 N–H and O–H groups in total. The second-order valence-corrected chi connectivity index (χ2v) is 5.29. The van der Waals surface area contributed by atoms with Gasteiger partial charge in [-0.25, -0.2) is 0 Å². The summed E-state index contributed by atoms with van der Waals surface area (Å²) in [7, 11) is 0. The summed E-state index contributed by atoms with van der Waals surface area (Å²) in [6.45, 7) is 8.25. The van der Waals surface area contributed by atoms with Crippen molar-refractivity contribution < 1.29 is 4.74 Å². The van der Waals surface area contributed by atoms with E-state index in [0.29, 0.717) is 6.04 Å². The van der Waals surface area contributed by atoms with Crippen LogP contribution in [0.15, 0.2) is 22.7 Å². The standard InChI is InChI=1S/C15H24BrNO/c1-4-7-14(17-6-3)12-8-9-15(13(16)11-12)18-10-5-2/h8-9,11,14,17H,4-7,10H2,1-3H3. The fraction of sp³-hybridized carbons (Fsp3) is 0.600. The first-order valence-corrected chi connectivity index (χ1v) is 7.67. The molecule has 0 amide bonds. The van der Waals surface area contributed by atoms with Gasteiger partial charge in [0.05, 0.1) is 11.1 Å². The summed E-state index contributed by atoms with van der Waals surface area (Å²) < 4.78 is 6.72. The molecule has 1 aromatic rings. The Morgan fingerprint density at radius 2 is 2.00 bits per heavy atom. The third-order valence-electron chi connectivity index (χ3n) is 2.85. The van der Waals surface area contributed by atoms with Crippen molar-refractivity contribution in [3.8, 4) is 5.75 Å². The van der Waals surface area contributed by atoms with E-state index < -0.39 is 0 Å². The monoisotopic (exact) mass is 313 g/mol. The first kappa shape index (κ1) is 15.5. The number of hydrogen-bond acceptors (Lipinski definition) is 2. The summed E-state index contributed by atoms with van der Waals surface area (Å²) in [5.74, 6) is 0.937. The highest BCUT2D eigenvalue weighted by atomic mass is 79.9. The Hall–Kier alpha value is -0.540. The molecule has 0 heterocycles. The van der Waals surface area contributed by atoms with Gasteiger partial charge in [-0.2, -0.15) is 0 Å². The van der Waals surface area contributed by atoms with Gasteiger partial charge in [0.15, 0.2) is 0 Å². The van der Waals surface area contributed by atoms with Crippen LogP contribution in [-0.4, -0.2) is 13.2 Å². The molecule has 0 spiro atoms. The maximum atomic E-state index is 5.67. The van der Waals surface area contributed by atoms with E-state index in [1.165, 1.54) is 12.0 Å². The highest BCUT2D eigenvalue weighted by Crippen LogP contribution is 2.29. The summed E-state index contributed by atoms with van der Waals surface area (Å²) in [6.07, 6.45) is 3.38. The minimum absolute atomic E-state index is 0.441. The summed E-state index contributed by atoms with van der Waals surface area (Å²) in [4.78, 5) is 0. The maximum Gasteiger partial charge on any atom is 0.133 e. The summed E-state index contributed by atoms with van der Waals surface area (Å²) >= 11 is 3.60. The molecule has 1 aromatic carbocycles. The Labute approximate surface area is 119 Å². The van der Waals surface area contributed by atoms with Crippen LogP contribution in [-0.2, 0) is 0 Å². The fourth-order valence-electron chi connectivity index (χ4n) is 1.98. The van der Waals surface area contributed by atoms with Gasteiger partial charge < -0.3 is 10.1 Å². The van der Waals surface area contributed by atoms with Gasteiger partial charge in [-0.1, -0.05) is 33.3 Å². The fourth-order valence-corrected chi connectivity index (χ4v) is 2.50. The third-order valence-corrected chi connectivity index (χ3v) is 3.47. The minimum Gasteiger partial charge on any atom is -0.492 e. The number of halogens is 1. The minimum atomic E-state index is 0.441. The predicted octanol–water partition coefficient (Wildman–Crippen LogP) is 4.69. The van der Waals surface area contributed by atoms with Crippen molar-refractivity contribution in [2.75, 3.05) is 13.2 Å². The van der Waals surface area contributed by atoms with Crippen LogP contribution in [0.5, 0.6) is 5.75 Å². The second kappa shape index (κ2) is 8.54. The molecule has 2 nitrogen and oxygen atoms in total. The lowest BCUT2D eigenvalue weighted by Gasteiger charge is -2.18. The van der Waals surface area contributed by atoms with Crippen LogP contribution in [0.2, 0.25) is 0 Å². The molecule has 18 heavy (non-hydrogen) atoms. The molecule has 0 saturated carbocycles. The zero-order valence-electron chi connectivity index (χ0n) is 11.6. The van der Waals surface area contributed by atoms with E-state index in [4.69, 9.17) is 4.74 Å². The van der Waals surface area contributed by atoms with Crippen molar-refractivity contribution in [2.45, 2.75) is 46.1 Å². The normalized spacial score (nSPS) is 12.4. The SMILES string of the molecule is CCCOc1ccc(C(CCC)NCC)cc1Br. The highest BCUT2D eigenvalue weighted by Gasteiger charge is 2.11. The molecule has 0 aliphatic rings. The molecule has 102 valence electrons. The van der Waals surface area contributed by atoms with Crippen molar-refractivity contribution in [2.24, 2.45) is 0 Å². The van der Waals surface area contributed by atoms with Crippen LogP contribution in [0, 0.1) is 0 Å². The smallest absolute Gasteiger partial charge is 0.133 e. The zero-order chi connectivity index (χ0) is 13.4. The number of nitrogens with one attached hydrogen (secondary N) is 1. The number of rotatable bonds is 8. The number of benzene rings is 1. The average Bonchev–Trinajstić information content (AvgIpc) is 2.37. The first-order chi connectivity index (χ1) is 8.72. The second-order valence-electron chi connectivity index (χ2n) is 4.44. The van der Waals surface area contributed by atoms with Gasteiger partial charge in [0.2, 0.25) is 0 Å². The van der Waals surface area contributed by atoms with Gasteiger partial charge in [0.1, 0.15) is 5.75 Å². The highest BCUT2D eigenvalue weighted by molar-refractivity contribution is 9.10. The molecule has 0 aromatic heterocycles. The van der Waals surface area contributed by atoms with Gasteiger partial charge in [-0.05, 0) is 53.0 Å². The van der Waals surface area contributed by atoms with Crippen molar-refractivity contribution in [3.05, 3.63) is 28.2 Å². The molecule has 0 radical (unpaired) electrons. The van der Waals surface area contributed by atoms with Crippen molar-refractivity contribution in [1.29, 1.82) is 0 Å². The number of ether oxygens (including phenoxy) is 1. The van der Waals surface area contributed by atoms with E-state index in [1.807, 2.05) is 0 Å². The van der Waals surface area contributed by atoms with E-state index in [1.54, 1.807) is 0 Å². The van der Waals surface area contributed by atoms with Crippen molar-refractivity contribution in [3.63, 3.8) is 0 Å². The van der Waals surface area contributed by atoms with E-state index in [-0.39, 0.29) is 0 Å². The Balaban J connectivity index is 2.79. The van der Waals surface area contributed by atoms with Crippen LogP contribution in [0.25, 0.3) is 0 Å². The topological polar surface area (TPSA) is 21.3 Å². The summed E-state index contributed by atoms with van der Waals surface area (Å²) in [5.41, 5.74) is 1.33. The molecule has 0 aliphatic heterocycles. The molecule has 1 atom stereocenters.